The molecule has 1 saturated heterocycles. The molecule has 0 radical (unpaired) electrons. The molecule has 0 bridgehead atoms. The number of carbonyl (C=O) groups is 4. The maximum atomic E-state index is 13.1. The van der Waals surface area contributed by atoms with Gasteiger partial charge >= 0.3 is 6.03 Å². The fraction of sp³-hybridized carbons (Fsp3) is 0.160. The van der Waals surface area contributed by atoms with Gasteiger partial charge in [-0.3, -0.25) is 24.7 Å². The second kappa shape index (κ2) is 8.24. The van der Waals surface area contributed by atoms with Gasteiger partial charge in [0.1, 0.15) is 11.4 Å². The summed E-state index contributed by atoms with van der Waals surface area (Å²) in [6.45, 7) is 0.245. The molecule has 5 amide bonds. The molecule has 10 heteroatoms. The number of aromatic nitrogens is 1. The predicted octanol–water partition coefficient (Wildman–Crippen LogP) is 1.55. The molecule has 5 rings (SSSR count). The van der Waals surface area contributed by atoms with Gasteiger partial charge in [0, 0.05) is 18.3 Å². The number of fused-ring (bicyclic) bond motifs is 1. The van der Waals surface area contributed by atoms with E-state index in [4.69, 9.17) is 10.5 Å². The van der Waals surface area contributed by atoms with Crippen molar-refractivity contribution >= 4 is 23.8 Å². The molecule has 176 valence electrons. The number of primary amides is 1. The Bertz CT molecular complexity index is 1390. The summed E-state index contributed by atoms with van der Waals surface area (Å²) < 4.78 is 5.22. The lowest BCUT2D eigenvalue weighted by Crippen LogP contribution is -2.52. The minimum Gasteiger partial charge on any atom is -0.497 e. The number of amides is 5. The largest absolute Gasteiger partial charge is 0.497 e. The molecule has 3 aromatic rings. The molecule has 0 saturated carbocycles. The highest BCUT2D eigenvalue weighted by Crippen LogP contribution is 2.33. The van der Waals surface area contributed by atoms with Crippen molar-refractivity contribution in [2.75, 3.05) is 13.7 Å². The second-order valence-electron chi connectivity index (χ2n) is 8.37. The van der Waals surface area contributed by atoms with E-state index in [0.29, 0.717) is 29.0 Å². The molecule has 0 spiro atoms. The fourth-order valence-electron chi connectivity index (χ4n) is 4.47. The normalized spacial score (nSPS) is 18.8. The third kappa shape index (κ3) is 3.74. The number of hydrogen-bond acceptors (Lipinski definition) is 6. The summed E-state index contributed by atoms with van der Waals surface area (Å²) >= 11 is 0. The summed E-state index contributed by atoms with van der Waals surface area (Å²) in [6, 6.07) is 14.9. The third-order valence-corrected chi connectivity index (χ3v) is 6.29. The number of nitrogens with two attached hydrogens (primary N) is 1. The van der Waals surface area contributed by atoms with Crippen molar-refractivity contribution in [1.29, 1.82) is 0 Å². The molecule has 4 N–H and O–H groups in total. The number of imide groups is 1. The average Bonchev–Trinajstić information content (AvgIpc) is 3.33. The van der Waals surface area contributed by atoms with Crippen LogP contribution in [0.15, 0.2) is 60.8 Å². The topological polar surface area (TPSA) is 144 Å². The minimum absolute atomic E-state index is 0.0547. The number of nitrogens with one attached hydrogen (secondary N) is 2. The van der Waals surface area contributed by atoms with Gasteiger partial charge in [0.15, 0.2) is 5.54 Å². The first-order valence-electron chi connectivity index (χ1n) is 10.8. The molecule has 1 aromatic heterocycles. The van der Waals surface area contributed by atoms with Crippen LogP contribution in [-0.4, -0.2) is 47.3 Å². The molecule has 3 heterocycles. The number of ether oxygens (including phenoxy) is 1. The number of urea groups is 1. The number of methoxy groups -OCH3 is 1. The first kappa shape index (κ1) is 22.1. The van der Waals surface area contributed by atoms with Crippen molar-refractivity contribution in [3.8, 4) is 16.9 Å². The summed E-state index contributed by atoms with van der Waals surface area (Å²) in [5.74, 6) is -0.871. The van der Waals surface area contributed by atoms with Crippen molar-refractivity contribution in [2.45, 2.75) is 12.1 Å². The van der Waals surface area contributed by atoms with E-state index in [1.807, 2.05) is 6.07 Å². The molecule has 2 aliphatic rings. The van der Waals surface area contributed by atoms with Crippen LogP contribution in [0.1, 0.15) is 32.0 Å². The Kier molecular flexibility index (Phi) is 5.20. The first-order valence-corrected chi connectivity index (χ1v) is 10.8. The lowest BCUT2D eigenvalue weighted by atomic mass is 9.88. The monoisotopic (exact) mass is 471 g/mol. The van der Waals surface area contributed by atoms with E-state index in [0.717, 1.165) is 11.1 Å². The highest BCUT2D eigenvalue weighted by Gasteiger charge is 2.50. The Balaban J connectivity index is 1.47. The average molecular weight is 471 g/mol. The molecule has 1 atom stereocenters. The van der Waals surface area contributed by atoms with Crippen LogP contribution in [-0.2, 0) is 16.9 Å². The van der Waals surface area contributed by atoms with E-state index in [9.17, 15) is 19.2 Å². The molecular weight excluding hydrogens is 450 g/mol. The van der Waals surface area contributed by atoms with Gasteiger partial charge < -0.3 is 20.7 Å². The number of rotatable bonds is 6. The third-order valence-electron chi connectivity index (χ3n) is 6.29. The van der Waals surface area contributed by atoms with Crippen molar-refractivity contribution in [2.24, 2.45) is 5.73 Å². The Morgan fingerprint density at radius 1 is 1.09 bits per heavy atom. The summed E-state index contributed by atoms with van der Waals surface area (Å²) in [5, 5.41) is 5.02. The lowest BCUT2D eigenvalue weighted by molar-refractivity contribution is -0.124. The van der Waals surface area contributed by atoms with E-state index >= 15 is 0 Å². The van der Waals surface area contributed by atoms with Gasteiger partial charge in [-0.15, -0.1) is 0 Å². The highest BCUT2D eigenvalue weighted by molar-refractivity contribution is 6.08. The Labute approximate surface area is 200 Å². The lowest BCUT2D eigenvalue weighted by Gasteiger charge is -2.31. The molecule has 2 aromatic carbocycles. The van der Waals surface area contributed by atoms with Gasteiger partial charge in [0.25, 0.3) is 17.7 Å². The summed E-state index contributed by atoms with van der Waals surface area (Å²) in [5.41, 5.74) is 7.30. The van der Waals surface area contributed by atoms with E-state index in [2.05, 4.69) is 15.6 Å². The van der Waals surface area contributed by atoms with Crippen LogP contribution in [0.25, 0.3) is 11.1 Å². The zero-order valence-electron chi connectivity index (χ0n) is 18.7. The van der Waals surface area contributed by atoms with Crippen LogP contribution in [0.4, 0.5) is 4.79 Å². The molecule has 0 aliphatic carbocycles. The SMILES string of the molecule is COc1ccc2c(c1)C(=O)N(C[C@@]1(c3ccc(-c4ccnc(C(N)=O)c4)cc3)NC(=O)NC1=O)C2. The maximum absolute atomic E-state index is 13.1. The molecular formula is C25H21N5O5. The number of benzene rings is 2. The summed E-state index contributed by atoms with van der Waals surface area (Å²) in [7, 11) is 1.52. The van der Waals surface area contributed by atoms with Crippen LogP contribution in [0, 0.1) is 0 Å². The van der Waals surface area contributed by atoms with E-state index in [-0.39, 0.29) is 18.1 Å². The molecule has 2 aliphatic heterocycles. The Morgan fingerprint density at radius 3 is 2.51 bits per heavy atom. The first-order chi connectivity index (χ1) is 16.8. The van der Waals surface area contributed by atoms with E-state index in [1.54, 1.807) is 48.5 Å². The zero-order chi connectivity index (χ0) is 24.7. The number of carbonyl (C=O) groups excluding carboxylic acids is 4. The number of hydrogen-bond donors (Lipinski definition) is 3. The second-order valence-corrected chi connectivity index (χ2v) is 8.37. The van der Waals surface area contributed by atoms with Crippen LogP contribution in [0.5, 0.6) is 5.75 Å². The van der Waals surface area contributed by atoms with Crippen LogP contribution in [0.3, 0.4) is 0 Å². The van der Waals surface area contributed by atoms with Crippen LogP contribution in [0.2, 0.25) is 0 Å². The highest BCUT2D eigenvalue weighted by atomic mass is 16.5. The summed E-state index contributed by atoms with van der Waals surface area (Å²) in [4.78, 5) is 55.3. The van der Waals surface area contributed by atoms with Gasteiger partial charge in [0.05, 0.1) is 13.7 Å². The Hall–Kier alpha value is -4.73. The molecule has 0 unspecified atom stereocenters. The van der Waals surface area contributed by atoms with Gasteiger partial charge in [-0.1, -0.05) is 30.3 Å². The van der Waals surface area contributed by atoms with Crippen molar-refractivity contribution in [1.82, 2.24) is 20.5 Å². The van der Waals surface area contributed by atoms with E-state index < -0.39 is 23.4 Å². The van der Waals surface area contributed by atoms with Crippen LogP contribution < -0.4 is 21.1 Å². The molecule has 1 fully saturated rings. The fourth-order valence-corrected chi connectivity index (χ4v) is 4.47. The summed E-state index contributed by atoms with van der Waals surface area (Å²) in [6.07, 6.45) is 1.49. The quantitative estimate of drug-likeness (QED) is 0.466. The minimum atomic E-state index is -1.46. The Morgan fingerprint density at radius 2 is 1.86 bits per heavy atom. The van der Waals surface area contributed by atoms with Crippen LogP contribution >= 0.6 is 0 Å². The van der Waals surface area contributed by atoms with Crippen molar-refractivity contribution < 1.29 is 23.9 Å². The standard InChI is InChI=1S/C25H21N5O5/c1-35-18-7-4-16-12-30(22(32)19(16)11-18)13-25(23(33)28-24(34)29-25)17-5-2-14(3-6-17)15-8-9-27-20(10-15)21(26)31/h2-11H,12-13H2,1H3,(H2,26,31)(H2,28,29,33,34)/t25-/m0/s1. The maximum Gasteiger partial charge on any atom is 0.322 e. The van der Waals surface area contributed by atoms with Gasteiger partial charge in [-0.05, 0) is 46.5 Å². The molecule has 35 heavy (non-hydrogen) atoms. The zero-order valence-corrected chi connectivity index (χ0v) is 18.7. The smallest absolute Gasteiger partial charge is 0.322 e. The van der Waals surface area contributed by atoms with Crippen molar-refractivity contribution in [3.05, 3.63) is 83.2 Å². The molecule has 10 nitrogen and oxygen atoms in total. The van der Waals surface area contributed by atoms with Crippen molar-refractivity contribution in [3.63, 3.8) is 0 Å². The van der Waals surface area contributed by atoms with Gasteiger partial charge in [0.2, 0.25) is 0 Å². The van der Waals surface area contributed by atoms with E-state index in [1.165, 1.54) is 18.2 Å². The number of nitrogens with zero attached hydrogens (tertiary/aromatic N) is 2. The van der Waals surface area contributed by atoms with Gasteiger partial charge in [-0.25, -0.2) is 4.79 Å². The van der Waals surface area contributed by atoms with Gasteiger partial charge in [-0.2, -0.15) is 0 Å². The number of pyridine rings is 1. The predicted molar refractivity (Wildman–Crippen MR) is 124 cm³/mol.